The van der Waals surface area contributed by atoms with E-state index in [1.165, 1.54) is 48.5 Å². The van der Waals surface area contributed by atoms with Gasteiger partial charge in [0.15, 0.2) is 0 Å². The van der Waals surface area contributed by atoms with Crippen molar-refractivity contribution in [3.8, 4) is 28.6 Å². The van der Waals surface area contributed by atoms with E-state index in [2.05, 4.69) is 19.9 Å². The van der Waals surface area contributed by atoms with Crippen LogP contribution >= 0.6 is 0 Å². The van der Waals surface area contributed by atoms with E-state index in [-0.39, 0.29) is 34.7 Å². The minimum absolute atomic E-state index is 0.0545. The van der Waals surface area contributed by atoms with Crippen LogP contribution in [-0.2, 0) is 6.54 Å². The maximum Gasteiger partial charge on any atom is 0.573 e. The Morgan fingerprint density at radius 1 is 0.972 bits per heavy atom. The number of hydrogen-bond donors (Lipinski definition) is 1. The fourth-order valence-corrected chi connectivity index (χ4v) is 3.59. The zero-order chi connectivity index (χ0) is 25.4. The molecule has 0 fully saturated rings. The molecule has 0 saturated heterocycles. The summed E-state index contributed by atoms with van der Waals surface area (Å²) in [6, 6.07) is 15.2. The van der Waals surface area contributed by atoms with E-state index in [1.807, 2.05) is 0 Å². The summed E-state index contributed by atoms with van der Waals surface area (Å²) in [6.07, 6.45) is -4.81. The first-order valence-corrected chi connectivity index (χ1v) is 10.4. The molecule has 0 unspecified atom stereocenters. The molecule has 0 aliphatic heterocycles. The number of ether oxygens (including phenoxy) is 1. The number of alkyl halides is 3. The van der Waals surface area contributed by atoms with E-state index in [4.69, 9.17) is 4.52 Å². The molecular formula is C24H14F4N4O4. The minimum atomic E-state index is -4.81. The molecule has 0 aliphatic rings. The fraction of sp³-hybridized carbons (Fsp3) is 0.0833. The summed E-state index contributed by atoms with van der Waals surface area (Å²) in [5.41, 5.74) is -0.153. The Morgan fingerprint density at radius 2 is 1.69 bits per heavy atom. The van der Waals surface area contributed by atoms with E-state index in [0.29, 0.717) is 11.1 Å². The van der Waals surface area contributed by atoms with Crippen LogP contribution < -0.4 is 16.0 Å². The highest BCUT2D eigenvalue weighted by atomic mass is 19.4. The minimum Gasteiger partial charge on any atom is -0.406 e. The summed E-state index contributed by atoms with van der Waals surface area (Å²) < 4.78 is 61.0. The number of benzene rings is 3. The quantitative estimate of drug-likeness (QED) is 0.358. The zero-order valence-corrected chi connectivity index (χ0v) is 18.0. The van der Waals surface area contributed by atoms with Crippen LogP contribution in [0.25, 0.3) is 33.7 Å². The molecule has 0 saturated carbocycles. The molecule has 0 radical (unpaired) electrons. The topological polar surface area (TPSA) is 103 Å². The van der Waals surface area contributed by atoms with Gasteiger partial charge in [-0.2, -0.15) is 4.98 Å². The molecule has 0 amide bonds. The highest BCUT2D eigenvalue weighted by Gasteiger charge is 2.31. The third-order valence-electron chi connectivity index (χ3n) is 5.29. The number of nitrogens with zero attached hydrogens (tertiary/aromatic N) is 3. The summed E-state index contributed by atoms with van der Waals surface area (Å²) in [7, 11) is 0. The first kappa shape index (κ1) is 23.0. The molecule has 2 aromatic heterocycles. The van der Waals surface area contributed by atoms with Gasteiger partial charge in [-0.1, -0.05) is 23.4 Å². The molecule has 0 bridgehead atoms. The summed E-state index contributed by atoms with van der Waals surface area (Å²) >= 11 is 0. The molecule has 3 aromatic carbocycles. The van der Waals surface area contributed by atoms with Crippen molar-refractivity contribution in [1.29, 1.82) is 0 Å². The lowest BCUT2D eigenvalue weighted by Crippen LogP contribution is -2.35. The van der Waals surface area contributed by atoms with Crippen molar-refractivity contribution in [1.82, 2.24) is 19.7 Å². The monoisotopic (exact) mass is 498 g/mol. The molecule has 8 nitrogen and oxygen atoms in total. The van der Waals surface area contributed by atoms with Crippen LogP contribution in [0.5, 0.6) is 5.75 Å². The van der Waals surface area contributed by atoms with Crippen molar-refractivity contribution in [2.45, 2.75) is 12.9 Å². The second-order valence-electron chi connectivity index (χ2n) is 7.67. The van der Waals surface area contributed by atoms with E-state index in [9.17, 15) is 27.2 Å². The predicted octanol–water partition coefficient (Wildman–Crippen LogP) is 4.49. The van der Waals surface area contributed by atoms with Gasteiger partial charge in [-0.15, -0.1) is 13.2 Å². The summed E-state index contributed by atoms with van der Waals surface area (Å²) in [5, 5.41) is 4.02. The van der Waals surface area contributed by atoms with Crippen molar-refractivity contribution in [2.24, 2.45) is 0 Å². The van der Waals surface area contributed by atoms with Crippen LogP contribution in [0.1, 0.15) is 5.56 Å². The Balaban J connectivity index is 1.44. The van der Waals surface area contributed by atoms with Crippen molar-refractivity contribution in [3.63, 3.8) is 0 Å². The molecule has 36 heavy (non-hydrogen) atoms. The number of hydrogen-bond acceptors (Lipinski definition) is 6. The van der Waals surface area contributed by atoms with Gasteiger partial charge in [-0.3, -0.25) is 9.36 Å². The molecule has 5 rings (SSSR count). The Labute approximate surface area is 198 Å². The first-order valence-electron chi connectivity index (χ1n) is 10.4. The van der Waals surface area contributed by atoms with Crippen molar-refractivity contribution >= 4 is 10.9 Å². The average Bonchev–Trinajstić information content (AvgIpc) is 3.32. The maximum absolute atomic E-state index is 14.0. The van der Waals surface area contributed by atoms with E-state index in [1.54, 1.807) is 6.07 Å². The Morgan fingerprint density at radius 3 is 2.42 bits per heavy atom. The Kier molecular flexibility index (Phi) is 5.63. The SMILES string of the molecule is O=c1[nH]c2cc(-c3nc(-c4ccc(OC(F)(F)F)cc4)no3)ccc2c(=O)n1Cc1ccccc1F. The largest absolute Gasteiger partial charge is 0.573 e. The number of aromatic amines is 1. The third kappa shape index (κ3) is 4.60. The normalized spacial score (nSPS) is 11.7. The van der Waals surface area contributed by atoms with Gasteiger partial charge in [0.1, 0.15) is 11.6 Å². The molecule has 0 atom stereocenters. The second-order valence-corrected chi connectivity index (χ2v) is 7.67. The molecule has 182 valence electrons. The molecule has 2 heterocycles. The van der Waals surface area contributed by atoms with Crippen LogP contribution in [-0.4, -0.2) is 26.1 Å². The second kappa shape index (κ2) is 8.80. The predicted molar refractivity (Wildman–Crippen MR) is 120 cm³/mol. The highest BCUT2D eigenvalue weighted by Crippen LogP contribution is 2.27. The molecule has 0 aliphatic carbocycles. The lowest BCUT2D eigenvalue weighted by atomic mass is 10.1. The number of rotatable bonds is 5. The Hall–Kier alpha value is -4.74. The van der Waals surface area contributed by atoms with Crippen LogP contribution in [0, 0.1) is 5.82 Å². The van der Waals surface area contributed by atoms with E-state index in [0.717, 1.165) is 16.7 Å². The van der Waals surface area contributed by atoms with Gasteiger partial charge >= 0.3 is 12.1 Å². The van der Waals surface area contributed by atoms with Gasteiger partial charge in [-0.25, -0.2) is 9.18 Å². The van der Waals surface area contributed by atoms with Crippen LogP contribution in [0.3, 0.4) is 0 Å². The molecule has 12 heteroatoms. The lowest BCUT2D eigenvalue weighted by molar-refractivity contribution is -0.274. The van der Waals surface area contributed by atoms with Gasteiger partial charge in [0, 0.05) is 16.7 Å². The zero-order valence-electron chi connectivity index (χ0n) is 18.0. The highest BCUT2D eigenvalue weighted by molar-refractivity contribution is 5.82. The van der Waals surface area contributed by atoms with Gasteiger partial charge in [-0.05, 0) is 48.5 Å². The van der Waals surface area contributed by atoms with E-state index >= 15 is 0 Å². The molecule has 5 aromatic rings. The van der Waals surface area contributed by atoms with Gasteiger partial charge in [0.05, 0.1) is 17.4 Å². The summed E-state index contributed by atoms with van der Waals surface area (Å²) in [6.45, 7) is -0.238. The average molecular weight is 498 g/mol. The van der Waals surface area contributed by atoms with Crippen LogP contribution in [0.4, 0.5) is 17.6 Å². The van der Waals surface area contributed by atoms with Crippen LogP contribution in [0.2, 0.25) is 0 Å². The van der Waals surface area contributed by atoms with Crippen molar-refractivity contribution in [3.05, 3.63) is 98.9 Å². The third-order valence-corrected chi connectivity index (χ3v) is 5.29. The van der Waals surface area contributed by atoms with Gasteiger partial charge in [0.25, 0.3) is 11.4 Å². The smallest absolute Gasteiger partial charge is 0.406 e. The number of nitrogens with one attached hydrogen (secondary N) is 1. The van der Waals surface area contributed by atoms with Gasteiger partial charge in [0.2, 0.25) is 5.82 Å². The standard InChI is InChI=1S/C24H14F4N4O4/c25-18-4-2-1-3-15(18)12-32-22(33)17-10-7-14(11-19(17)29-23(32)34)21-30-20(31-36-21)13-5-8-16(9-6-13)35-24(26,27)28/h1-11H,12H2,(H,29,34). The summed E-state index contributed by atoms with van der Waals surface area (Å²) in [5.74, 6) is -0.764. The lowest BCUT2D eigenvalue weighted by Gasteiger charge is -2.08. The van der Waals surface area contributed by atoms with Crippen molar-refractivity contribution < 1.29 is 26.8 Å². The number of aromatic nitrogens is 4. The Bertz CT molecular complexity index is 1690. The molecule has 0 spiro atoms. The molecule has 1 N–H and O–H groups in total. The number of halogens is 4. The van der Waals surface area contributed by atoms with Crippen molar-refractivity contribution in [2.75, 3.05) is 0 Å². The van der Waals surface area contributed by atoms with Gasteiger partial charge < -0.3 is 14.2 Å². The fourth-order valence-electron chi connectivity index (χ4n) is 3.59. The maximum atomic E-state index is 14.0. The van der Waals surface area contributed by atoms with E-state index < -0.39 is 29.2 Å². The summed E-state index contributed by atoms with van der Waals surface area (Å²) in [4.78, 5) is 32.3. The molecular weight excluding hydrogens is 484 g/mol. The number of H-pyrrole nitrogens is 1. The first-order chi connectivity index (χ1) is 17.2. The van der Waals surface area contributed by atoms with Crippen LogP contribution in [0.15, 0.2) is 80.8 Å². The number of fused-ring (bicyclic) bond motifs is 1.